The standard InChI is InChI=1S/C20H17ClFN3O/c1-13-11-15(14(2)25(13)17-9-7-16(22)8-10-17)12-23-24-20(26)18-5-3-4-6-19(18)21/h3-12H,1-2H3,(H,24,26)/b23-12-. The number of benzene rings is 2. The molecule has 3 rings (SSSR count). The van der Waals surface area contributed by atoms with Crippen LogP contribution in [-0.4, -0.2) is 16.7 Å². The van der Waals surface area contributed by atoms with Crippen molar-refractivity contribution in [3.8, 4) is 5.69 Å². The van der Waals surface area contributed by atoms with E-state index in [0.29, 0.717) is 10.6 Å². The van der Waals surface area contributed by atoms with Crippen LogP contribution in [0.1, 0.15) is 27.3 Å². The van der Waals surface area contributed by atoms with Crippen molar-refractivity contribution in [3.63, 3.8) is 0 Å². The molecule has 0 aliphatic carbocycles. The number of carbonyl (C=O) groups excluding carboxylic acids is 1. The molecule has 6 heteroatoms. The van der Waals surface area contributed by atoms with Crippen molar-refractivity contribution in [1.82, 2.24) is 9.99 Å². The number of aromatic nitrogens is 1. The minimum Gasteiger partial charge on any atom is -0.318 e. The van der Waals surface area contributed by atoms with Crippen molar-refractivity contribution < 1.29 is 9.18 Å². The Bertz CT molecular complexity index is 977. The quantitative estimate of drug-likeness (QED) is 0.528. The third-order valence-electron chi connectivity index (χ3n) is 4.04. The molecule has 1 aromatic heterocycles. The van der Waals surface area contributed by atoms with Gasteiger partial charge in [-0.2, -0.15) is 5.10 Å². The summed E-state index contributed by atoms with van der Waals surface area (Å²) < 4.78 is 15.1. The lowest BCUT2D eigenvalue weighted by atomic mass is 10.2. The number of nitrogens with one attached hydrogen (secondary N) is 1. The van der Waals surface area contributed by atoms with Crippen molar-refractivity contribution >= 4 is 23.7 Å². The average molecular weight is 370 g/mol. The Morgan fingerprint density at radius 1 is 1.15 bits per heavy atom. The van der Waals surface area contributed by atoms with Crippen LogP contribution in [0.2, 0.25) is 5.02 Å². The fourth-order valence-electron chi connectivity index (χ4n) is 2.77. The van der Waals surface area contributed by atoms with Gasteiger partial charge >= 0.3 is 0 Å². The SMILES string of the molecule is Cc1cc(/C=N\NC(=O)c2ccccc2Cl)c(C)n1-c1ccc(F)cc1. The molecule has 0 fully saturated rings. The number of rotatable bonds is 4. The minimum atomic E-state index is -0.376. The summed E-state index contributed by atoms with van der Waals surface area (Å²) in [5.74, 6) is -0.653. The van der Waals surface area contributed by atoms with Crippen molar-refractivity contribution in [2.45, 2.75) is 13.8 Å². The van der Waals surface area contributed by atoms with Gasteiger partial charge in [0.05, 0.1) is 16.8 Å². The van der Waals surface area contributed by atoms with E-state index in [1.165, 1.54) is 12.1 Å². The van der Waals surface area contributed by atoms with Crippen molar-refractivity contribution in [2.24, 2.45) is 5.10 Å². The molecule has 2 aromatic carbocycles. The lowest BCUT2D eigenvalue weighted by molar-refractivity contribution is 0.0955. The molecule has 0 saturated heterocycles. The highest BCUT2D eigenvalue weighted by Gasteiger charge is 2.11. The normalized spacial score (nSPS) is 11.1. The fraction of sp³-hybridized carbons (Fsp3) is 0.100. The molecule has 132 valence electrons. The summed E-state index contributed by atoms with van der Waals surface area (Å²) in [6.07, 6.45) is 1.58. The Balaban J connectivity index is 1.79. The number of hydrogen-bond donors (Lipinski definition) is 1. The highest BCUT2D eigenvalue weighted by Crippen LogP contribution is 2.20. The van der Waals surface area contributed by atoms with Crippen LogP contribution in [0.4, 0.5) is 4.39 Å². The van der Waals surface area contributed by atoms with Gasteiger partial charge in [0.25, 0.3) is 5.91 Å². The monoisotopic (exact) mass is 369 g/mol. The van der Waals surface area contributed by atoms with Gasteiger partial charge in [-0.1, -0.05) is 23.7 Å². The number of amides is 1. The van der Waals surface area contributed by atoms with Gasteiger partial charge in [-0.3, -0.25) is 4.79 Å². The van der Waals surface area contributed by atoms with Gasteiger partial charge < -0.3 is 4.57 Å². The summed E-state index contributed by atoms with van der Waals surface area (Å²) in [7, 11) is 0. The van der Waals surface area contributed by atoms with E-state index in [4.69, 9.17) is 11.6 Å². The van der Waals surface area contributed by atoms with E-state index < -0.39 is 0 Å². The molecule has 0 bridgehead atoms. The number of carbonyl (C=O) groups is 1. The maximum absolute atomic E-state index is 13.1. The molecule has 1 heterocycles. The van der Waals surface area contributed by atoms with Gasteiger partial charge in [-0.05, 0) is 56.3 Å². The van der Waals surface area contributed by atoms with Crippen LogP contribution < -0.4 is 5.43 Å². The minimum absolute atomic E-state index is 0.278. The molecule has 0 radical (unpaired) electrons. The summed E-state index contributed by atoms with van der Waals surface area (Å²) in [6, 6.07) is 15.0. The summed E-state index contributed by atoms with van der Waals surface area (Å²) in [5, 5.41) is 4.40. The predicted octanol–water partition coefficient (Wildman–Crippen LogP) is 4.65. The second kappa shape index (κ2) is 7.54. The molecular weight excluding hydrogens is 353 g/mol. The number of hydrazone groups is 1. The Labute approximate surface area is 155 Å². The summed E-state index contributed by atoms with van der Waals surface area (Å²) in [6.45, 7) is 3.89. The maximum atomic E-state index is 13.1. The third-order valence-corrected chi connectivity index (χ3v) is 4.37. The Hall–Kier alpha value is -2.92. The van der Waals surface area contributed by atoms with Gasteiger partial charge in [0, 0.05) is 22.6 Å². The Morgan fingerprint density at radius 3 is 2.54 bits per heavy atom. The van der Waals surface area contributed by atoms with Gasteiger partial charge in [0.2, 0.25) is 0 Å². The van der Waals surface area contributed by atoms with E-state index in [-0.39, 0.29) is 11.7 Å². The molecular formula is C20H17ClFN3O. The molecule has 0 unspecified atom stereocenters. The lowest BCUT2D eigenvalue weighted by Gasteiger charge is -2.09. The lowest BCUT2D eigenvalue weighted by Crippen LogP contribution is -2.18. The zero-order valence-electron chi connectivity index (χ0n) is 14.3. The van der Waals surface area contributed by atoms with Crippen molar-refractivity contribution in [2.75, 3.05) is 0 Å². The van der Waals surface area contributed by atoms with Crippen LogP contribution in [-0.2, 0) is 0 Å². The van der Waals surface area contributed by atoms with Crippen LogP contribution in [0.25, 0.3) is 5.69 Å². The Morgan fingerprint density at radius 2 is 1.85 bits per heavy atom. The smallest absolute Gasteiger partial charge is 0.272 e. The van der Waals surface area contributed by atoms with Gasteiger partial charge in [-0.25, -0.2) is 9.82 Å². The average Bonchev–Trinajstić information content (AvgIpc) is 2.90. The zero-order valence-corrected chi connectivity index (χ0v) is 15.1. The highest BCUT2D eigenvalue weighted by atomic mass is 35.5. The number of hydrogen-bond acceptors (Lipinski definition) is 2. The van der Waals surface area contributed by atoms with Crippen LogP contribution in [0.5, 0.6) is 0 Å². The first kappa shape index (κ1) is 17.9. The maximum Gasteiger partial charge on any atom is 0.272 e. The molecule has 0 aliphatic rings. The summed E-state index contributed by atoms with van der Waals surface area (Å²) in [4.78, 5) is 12.1. The van der Waals surface area contributed by atoms with E-state index >= 15 is 0 Å². The molecule has 0 atom stereocenters. The fourth-order valence-corrected chi connectivity index (χ4v) is 2.99. The van der Waals surface area contributed by atoms with Gasteiger partial charge in [-0.15, -0.1) is 0 Å². The molecule has 1 amide bonds. The third kappa shape index (κ3) is 3.68. The zero-order chi connectivity index (χ0) is 18.7. The molecule has 26 heavy (non-hydrogen) atoms. The molecule has 3 aromatic rings. The second-order valence-electron chi connectivity index (χ2n) is 5.82. The van der Waals surface area contributed by atoms with Crippen molar-refractivity contribution in [1.29, 1.82) is 0 Å². The van der Waals surface area contributed by atoms with Crippen molar-refractivity contribution in [3.05, 3.63) is 88.0 Å². The molecule has 0 saturated carbocycles. The molecule has 0 spiro atoms. The van der Waals surface area contributed by atoms with E-state index in [9.17, 15) is 9.18 Å². The number of halogens is 2. The highest BCUT2D eigenvalue weighted by molar-refractivity contribution is 6.33. The first-order chi connectivity index (χ1) is 12.5. The number of aryl methyl sites for hydroxylation is 1. The predicted molar refractivity (Wildman–Crippen MR) is 102 cm³/mol. The first-order valence-corrected chi connectivity index (χ1v) is 8.38. The summed E-state index contributed by atoms with van der Waals surface area (Å²) in [5.41, 5.74) is 6.47. The van der Waals surface area contributed by atoms with Gasteiger partial charge in [0.15, 0.2) is 0 Å². The van der Waals surface area contributed by atoms with E-state index in [1.54, 1.807) is 42.6 Å². The molecule has 1 N–H and O–H groups in total. The Kier molecular flexibility index (Phi) is 5.19. The van der Waals surface area contributed by atoms with Gasteiger partial charge in [0.1, 0.15) is 5.82 Å². The topological polar surface area (TPSA) is 46.4 Å². The van der Waals surface area contributed by atoms with Crippen LogP contribution in [0.3, 0.4) is 0 Å². The second-order valence-corrected chi connectivity index (χ2v) is 6.22. The van der Waals surface area contributed by atoms with E-state index in [2.05, 4.69) is 10.5 Å². The first-order valence-electron chi connectivity index (χ1n) is 8.00. The van der Waals surface area contributed by atoms with Crippen LogP contribution >= 0.6 is 11.6 Å². The van der Waals surface area contributed by atoms with Crippen LogP contribution in [0.15, 0.2) is 59.7 Å². The molecule has 4 nitrogen and oxygen atoms in total. The number of nitrogens with zero attached hydrogens (tertiary/aromatic N) is 2. The largest absolute Gasteiger partial charge is 0.318 e. The summed E-state index contributed by atoms with van der Waals surface area (Å²) >= 11 is 6.00. The van der Waals surface area contributed by atoms with Crippen LogP contribution in [0, 0.1) is 19.7 Å². The van der Waals surface area contributed by atoms with E-state index in [0.717, 1.165) is 22.6 Å². The molecule has 0 aliphatic heterocycles. The van der Waals surface area contributed by atoms with E-state index in [1.807, 2.05) is 24.5 Å².